The number of carbonyl (C=O) groups is 2. The molecule has 104 valence electrons. The van der Waals surface area contributed by atoms with Crippen LogP contribution in [0.1, 0.15) is 37.1 Å². The quantitative estimate of drug-likeness (QED) is 0.851. The summed E-state index contributed by atoms with van der Waals surface area (Å²) in [6, 6.07) is -0.156. The van der Waals surface area contributed by atoms with E-state index in [1.54, 1.807) is 10.9 Å². The van der Waals surface area contributed by atoms with E-state index in [0.717, 1.165) is 11.3 Å². The van der Waals surface area contributed by atoms with Gasteiger partial charge in [-0.15, -0.1) is 0 Å². The molecular weight excluding hydrogens is 246 g/mol. The van der Waals surface area contributed by atoms with Gasteiger partial charge in [-0.1, -0.05) is 0 Å². The van der Waals surface area contributed by atoms with Crippen LogP contribution in [0.2, 0.25) is 0 Å². The number of aromatic nitrogens is 2. The Morgan fingerprint density at radius 2 is 2.11 bits per heavy atom. The van der Waals surface area contributed by atoms with Crippen LogP contribution in [0, 0.1) is 18.8 Å². The first-order valence-corrected chi connectivity index (χ1v) is 6.43. The lowest BCUT2D eigenvalue weighted by molar-refractivity contribution is -0.152. The number of hydrogen-bond donors (Lipinski definition) is 2. The molecule has 2 N–H and O–H groups in total. The van der Waals surface area contributed by atoms with Gasteiger partial charge in [0.1, 0.15) is 0 Å². The van der Waals surface area contributed by atoms with E-state index >= 15 is 0 Å². The first-order chi connectivity index (χ1) is 8.91. The Labute approximate surface area is 111 Å². The van der Waals surface area contributed by atoms with E-state index in [4.69, 9.17) is 5.11 Å². The highest BCUT2D eigenvalue weighted by atomic mass is 16.4. The minimum absolute atomic E-state index is 0.156. The molecule has 0 aromatic carbocycles. The molecule has 1 fully saturated rings. The van der Waals surface area contributed by atoms with Crippen LogP contribution in [0.4, 0.5) is 0 Å². The van der Waals surface area contributed by atoms with E-state index in [1.807, 2.05) is 20.9 Å². The van der Waals surface area contributed by atoms with Crippen LogP contribution in [-0.2, 0) is 16.6 Å². The molecule has 0 bridgehead atoms. The zero-order valence-electron chi connectivity index (χ0n) is 11.4. The van der Waals surface area contributed by atoms with Crippen molar-refractivity contribution in [1.82, 2.24) is 15.1 Å². The van der Waals surface area contributed by atoms with Crippen molar-refractivity contribution in [3.63, 3.8) is 0 Å². The molecule has 1 aliphatic carbocycles. The van der Waals surface area contributed by atoms with Gasteiger partial charge in [0.05, 0.1) is 24.1 Å². The molecule has 1 amide bonds. The Morgan fingerprint density at radius 1 is 1.47 bits per heavy atom. The predicted octanol–water partition coefficient (Wildman–Crippen LogP) is 1.02. The number of carboxylic acids is 1. The lowest BCUT2D eigenvalue weighted by Gasteiger charge is -2.32. The minimum atomic E-state index is -0.878. The fraction of sp³-hybridized carbons (Fsp3) is 0.615. The zero-order valence-corrected chi connectivity index (χ0v) is 11.4. The maximum absolute atomic E-state index is 12.0. The van der Waals surface area contributed by atoms with Crippen molar-refractivity contribution in [1.29, 1.82) is 0 Å². The molecule has 3 atom stereocenters. The smallest absolute Gasteiger partial charge is 0.307 e. The van der Waals surface area contributed by atoms with Gasteiger partial charge in [0.25, 0.3) is 0 Å². The van der Waals surface area contributed by atoms with Crippen LogP contribution in [-0.4, -0.2) is 26.8 Å². The van der Waals surface area contributed by atoms with E-state index < -0.39 is 17.8 Å². The molecule has 1 aromatic rings. The van der Waals surface area contributed by atoms with Gasteiger partial charge in [-0.25, -0.2) is 0 Å². The van der Waals surface area contributed by atoms with Crippen molar-refractivity contribution in [2.45, 2.75) is 32.7 Å². The van der Waals surface area contributed by atoms with Crippen LogP contribution in [0.5, 0.6) is 0 Å². The second kappa shape index (κ2) is 5.03. The van der Waals surface area contributed by atoms with Gasteiger partial charge in [-0.05, 0) is 26.7 Å². The van der Waals surface area contributed by atoms with Crippen LogP contribution >= 0.6 is 0 Å². The number of hydrogen-bond acceptors (Lipinski definition) is 3. The lowest BCUT2D eigenvalue weighted by atomic mass is 9.73. The van der Waals surface area contributed by atoms with Gasteiger partial charge >= 0.3 is 5.97 Å². The van der Waals surface area contributed by atoms with Gasteiger partial charge in [-0.2, -0.15) is 5.10 Å². The van der Waals surface area contributed by atoms with Gasteiger partial charge in [0.2, 0.25) is 5.91 Å². The maximum atomic E-state index is 12.0. The van der Waals surface area contributed by atoms with Crippen molar-refractivity contribution in [3.8, 4) is 0 Å². The summed E-state index contributed by atoms with van der Waals surface area (Å²) in [6.45, 7) is 3.82. The van der Waals surface area contributed by atoms with Crippen molar-refractivity contribution in [3.05, 3.63) is 17.5 Å². The Balaban J connectivity index is 1.99. The van der Waals surface area contributed by atoms with Crippen molar-refractivity contribution in [2.24, 2.45) is 18.9 Å². The molecular formula is C13H19N3O3. The van der Waals surface area contributed by atoms with Gasteiger partial charge in [0, 0.05) is 18.3 Å². The maximum Gasteiger partial charge on any atom is 0.307 e. The van der Waals surface area contributed by atoms with Crippen LogP contribution < -0.4 is 5.32 Å². The average molecular weight is 265 g/mol. The van der Waals surface area contributed by atoms with Crippen LogP contribution in [0.25, 0.3) is 0 Å². The third-order valence-corrected chi connectivity index (χ3v) is 4.03. The predicted molar refractivity (Wildman–Crippen MR) is 68.4 cm³/mol. The summed E-state index contributed by atoms with van der Waals surface area (Å²) >= 11 is 0. The Bertz CT molecular complexity index is 509. The normalized spacial score (nSPS) is 23.5. The van der Waals surface area contributed by atoms with Crippen LogP contribution in [0.3, 0.4) is 0 Å². The largest absolute Gasteiger partial charge is 0.481 e. The molecule has 0 radical (unpaired) electrons. The third kappa shape index (κ3) is 2.47. The van der Waals surface area contributed by atoms with Gasteiger partial charge in [0.15, 0.2) is 0 Å². The number of carbonyl (C=O) groups excluding carboxylic acids is 1. The van der Waals surface area contributed by atoms with E-state index in [2.05, 4.69) is 10.4 Å². The van der Waals surface area contributed by atoms with Crippen LogP contribution in [0.15, 0.2) is 6.20 Å². The van der Waals surface area contributed by atoms with Crippen molar-refractivity contribution >= 4 is 11.9 Å². The monoisotopic (exact) mass is 265 g/mol. The van der Waals surface area contributed by atoms with E-state index in [-0.39, 0.29) is 11.9 Å². The van der Waals surface area contributed by atoms with E-state index in [9.17, 15) is 9.59 Å². The first-order valence-electron chi connectivity index (χ1n) is 6.43. The Kier molecular flexibility index (Phi) is 3.59. The molecule has 0 spiro atoms. The SMILES string of the molecule is Cc1c(C(C)NC(=O)C2CCC2C(=O)O)cnn1C. The van der Waals surface area contributed by atoms with Gasteiger partial charge in [-0.3, -0.25) is 14.3 Å². The fourth-order valence-electron chi connectivity index (χ4n) is 2.45. The molecule has 0 aliphatic heterocycles. The molecule has 6 heteroatoms. The average Bonchev–Trinajstić information content (AvgIpc) is 2.56. The number of carboxylic acid groups (broad SMARTS) is 1. The summed E-state index contributed by atoms with van der Waals surface area (Å²) in [5.41, 5.74) is 1.96. The summed E-state index contributed by atoms with van der Waals surface area (Å²) in [5.74, 6) is -1.97. The second-order valence-electron chi connectivity index (χ2n) is 5.17. The highest BCUT2D eigenvalue weighted by Crippen LogP contribution is 2.35. The number of nitrogens with one attached hydrogen (secondary N) is 1. The molecule has 0 saturated heterocycles. The number of nitrogens with zero attached hydrogens (tertiary/aromatic N) is 2. The molecule has 2 rings (SSSR count). The molecule has 6 nitrogen and oxygen atoms in total. The number of rotatable bonds is 4. The van der Waals surface area contributed by atoms with E-state index in [1.165, 1.54) is 0 Å². The summed E-state index contributed by atoms with van der Waals surface area (Å²) in [6.07, 6.45) is 2.98. The topological polar surface area (TPSA) is 84.2 Å². The molecule has 3 unspecified atom stereocenters. The summed E-state index contributed by atoms with van der Waals surface area (Å²) < 4.78 is 1.75. The molecule has 1 aliphatic rings. The minimum Gasteiger partial charge on any atom is -0.481 e. The number of amides is 1. The highest BCUT2D eigenvalue weighted by molar-refractivity contribution is 5.86. The second-order valence-corrected chi connectivity index (χ2v) is 5.17. The molecule has 19 heavy (non-hydrogen) atoms. The van der Waals surface area contributed by atoms with Crippen molar-refractivity contribution in [2.75, 3.05) is 0 Å². The van der Waals surface area contributed by atoms with E-state index in [0.29, 0.717) is 12.8 Å². The highest BCUT2D eigenvalue weighted by Gasteiger charge is 2.41. The number of aryl methyl sites for hydroxylation is 1. The fourth-order valence-corrected chi connectivity index (χ4v) is 2.45. The zero-order chi connectivity index (χ0) is 14.2. The summed E-state index contributed by atoms with van der Waals surface area (Å²) in [4.78, 5) is 23.0. The van der Waals surface area contributed by atoms with Gasteiger partial charge < -0.3 is 10.4 Å². The number of aliphatic carboxylic acids is 1. The third-order valence-electron chi connectivity index (χ3n) is 4.03. The Morgan fingerprint density at radius 3 is 2.53 bits per heavy atom. The summed E-state index contributed by atoms with van der Waals surface area (Å²) in [5, 5.41) is 16.0. The van der Waals surface area contributed by atoms with Crippen molar-refractivity contribution < 1.29 is 14.7 Å². The molecule has 1 heterocycles. The summed E-state index contributed by atoms with van der Waals surface area (Å²) in [7, 11) is 1.85. The molecule has 1 aromatic heterocycles. The molecule has 1 saturated carbocycles. The first kappa shape index (κ1) is 13.6. The lowest BCUT2D eigenvalue weighted by Crippen LogP contribution is -2.44. The Hall–Kier alpha value is -1.85. The standard InChI is InChI=1S/C13H19N3O3/c1-7(11-6-14-16(3)8(11)2)15-12(17)9-4-5-10(9)13(18)19/h6-7,9-10H,4-5H2,1-3H3,(H,15,17)(H,18,19).